The maximum absolute atomic E-state index is 13.7. The number of nitrogens with one attached hydrogen (secondary N) is 2. The van der Waals surface area contributed by atoms with Gasteiger partial charge in [0.15, 0.2) is 0 Å². The highest BCUT2D eigenvalue weighted by Gasteiger charge is 2.33. The smallest absolute Gasteiger partial charge is 0.231 e. The number of benzene rings is 2. The molecule has 1 aliphatic rings. The molecule has 0 spiro atoms. The Bertz CT molecular complexity index is 1210. The standard InChI is InChI=1S/C20H15BrFN5O/c1-10-18-12(11-6-7-14(22)13(21)8-11)9-17(28)25-19(18)27(26-10)20-23-15-4-2-3-5-16(15)24-20/h2-8,12H,9H2,1H3,(H,23,24)(H,25,28). The van der Waals surface area contributed by atoms with E-state index in [1.807, 2.05) is 31.2 Å². The monoisotopic (exact) mass is 439 g/mol. The number of fused-ring (bicyclic) bond motifs is 2. The number of para-hydroxylation sites is 2. The fourth-order valence-corrected chi connectivity index (χ4v) is 4.15. The minimum atomic E-state index is -0.334. The number of hydrogen-bond acceptors (Lipinski definition) is 3. The lowest BCUT2D eigenvalue weighted by Crippen LogP contribution is -2.25. The third-order valence-electron chi connectivity index (χ3n) is 5.03. The van der Waals surface area contributed by atoms with Crippen LogP contribution in [-0.2, 0) is 4.79 Å². The van der Waals surface area contributed by atoms with Gasteiger partial charge in [0.05, 0.1) is 21.2 Å². The van der Waals surface area contributed by atoms with Crippen molar-refractivity contribution in [3.63, 3.8) is 0 Å². The number of halogens is 2. The minimum Gasteiger partial charge on any atom is -0.322 e. The van der Waals surface area contributed by atoms with Crippen LogP contribution in [0, 0.1) is 12.7 Å². The highest BCUT2D eigenvalue weighted by molar-refractivity contribution is 9.10. The number of imidazole rings is 1. The number of aromatic amines is 1. The summed E-state index contributed by atoms with van der Waals surface area (Å²) in [6.07, 6.45) is 0.276. The Morgan fingerprint density at radius 1 is 1.25 bits per heavy atom. The van der Waals surface area contributed by atoms with E-state index in [0.29, 0.717) is 16.2 Å². The quantitative estimate of drug-likeness (QED) is 0.484. The second-order valence-electron chi connectivity index (χ2n) is 6.82. The van der Waals surface area contributed by atoms with Crippen molar-refractivity contribution < 1.29 is 9.18 Å². The number of hydrogen-bond donors (Lipinski definition) is 2. The Morgan fingerprint density at radius 3 is 2.86 bits per heavy atom. The molecule has 3 heterocycles. The van der Waals surface area contributed by atoms with Gasteiger partial charge in [-0.25, -0.2) is 9.37 Å². The largest absolute Gasteiger partial charge is 0.322 e. The van der Waals surface area contributed by atoms with Gasteiger partial charge in [0.1, 0.15) is 11.6 Å². The Hall–Kier alpha value is -3.00. The van der Waals surface area contributed by atoms with Crippen molar-refractivity contribution >= 4 is 38.7 Å². The van der Waals surface area contributed by atoms with E-state index in [0.717, 1.165) is 27.9 Å². The van der Waals surface area contributed by atoms with Crippen molar-refractivity contribution in [2.24, 2.45) is 0 Å². The number of aromatic nitrogens is 4. The van der Waals surface area contributed by atoms with Crippen LogP contribution < -0.4 is 5.32 Å². The summed E-state index contributed by atoms with van der Waals surface area (Å²) in [7, 11) is 0. The van der Waals surface area contributed by atoms with Crippen LogP contribution in [0.5, 0.6) is 0 Å². The van der Waals surface area contributed by atoms with Crippen LogP contribution in [0.2, 0.25) is 0 Å². The van der Waals surface area contributed by atoms with Gasteiger partial charge in [-0.05, 0) is 52.7 Å². The molecular formula is C20H15BrFN5O. The van der Waals surface area contributed by atoms with Crippen LogP contribution in [0.15, 0.2) is 46.9 Å². The third-order valence-corrected chi connectivity index (χ3v) is 5.63. The van der Waals surface area contributed by atoms with Crippen LogP contribution >= 0.6 is 15.9 Å². The molecule has 1 unspecified atom stereocenters. The molecule has 28 heavy (non-hydrogen) atoms. The van der Waals surface area contributed by atoms with Crippen LogP contribution in [0.4, 0.5) is 10.2 Å². The van der Waals surface area contributed by atoms with Gasteiger partial charge in [-0.2, -0.15) is 9.78 Å². The van der Waals surface area contributed by atoms with Crippen LogP contribution in [-0.4, -0.2) is 25.7 Å². The van der Waals surface area contributed by atoms with Crippen LogP contribution in [0.3, 0.4) is 0 Å². The number of rotatable bonds is 2. The first-order valence-corrected chi connectivity index (χ1v) is 9.60. The first kappa shape index (κ1) is 17.1. The average Bonchev–Trinajstić information content (AvgIpc) is 3.24. The molecule has 8 heteroatoms. The summed E-state index contributed by atoms with van der Waals surface area (Å²) >= 11 is 3.24. The molecule has 1 atom stereocenters. The van der Waals surface area contributed by atoms with E-state index in [9.17, 15) is 9.18 Å². The molecule has 6 nitrogen and oxygen atoms in total. The maximum Gasteiger partial charge on any atom is 0.231 e. The van der Waals surface area contributed by atoms with Gasteiger partial charge in [0, 0.05) is 17.9 Å². The van der Waals surface area contributed by atoms with Crippen molar-refractivity contribution in [2.75, 3.05) is 5.32 Å². The molecule has 0 saturated heterocycles. The summed E-state index contributed by atoms with van der Waals surface area (Å²) in [5, 5.41) is 7.56. The predicted octanol–water partition coefficient (Wildman–Crippen LogP) is 4.43. The molecule has 0 aliphatic carbocycles. The van der Waals surface area contributed by atoms with E-state index in [1.165, 1.54) is 6.07 Å². The Morgan fingerprint density at radius 2 is 2.07 bits per heavy atom. The SMILES string of the molecule is Cc1nn(-c2nc3ccccc3[nH]2)c2c1C(c1ccc(F)c(Br)c1)CC(=O)N2. The number of nitrogens with zero attached hydrogens (tertiary/aromatic N) is 3. The first-order valence-electron chi connectivity index (χ1n) is 8.80. The van der Waals surface area contributed by atoms with E-state index in [-0.39, 0.29) is 24.1 Å². The molecular weight excluding hydrogens is 425 g/mol. The fourth-order valence-electron chi connectivity index (χ4n) is 3.75. The van der Waals surface area contributed by atoms with E-state index >= 15 is 0 Å². The van der Waals surface area contributed by atoms with Crippen molar-refractivity contribution in [1.82, 2.24) is 19.7 Å². The summed E-state index contributed by atoms with van der Waals surface area (Å²) in [5.41, 5.74) is 4.28. The molecule has 0 bridgehead atoms. The summed E-state index contributed by atoms with van der Waals surface area (Å²) in [5.74, 6) is 0.470. The van der Waals surface area contributed by atoms with Gasteiger partial charge in [0.25, 0.3) is 0 Å². The highest BCUT2D eigenvalue weighted by Crippen LogP contribution is 2.40. The Balaban J connectivity index is 1.68. The molecule has 140 valence electrons. The number of carbonyl (C=O) groups excluding carboxylic acids is 1. The van der Waals surface area contributed by atoms with Gasteiger partial charge in [-0.1, -0.05) is 18.2 Å². The number of H-pyrrole nitrogens is 1. The lowest BCUT2D eigenvalue weighted by atomic mass is 9.86. The Kier molecular flexibility index (Phi) is 3.83. The van der Waals surface area contributed by atoms with Crippen LogP contribution in [0.25, 0.3) is 17.0 Å². The molecule has 4 aromatic rings. The van der Waals surface area contributed by atoms with E-state index < -0.39 is 0 Å². The van der Waals surface area contributed by atoms with E-state index in [1.54, 1.807) is 16.8 Å². The van der Waals surface area contributed by atoms with E-state index in [2.05, 4.69) is 36.3 Å². The molecule has 2 aromatic heterocycles. The van der Waals surface area contributed by atoms with Crippen molar-refractivity contribution in [3.05, 3.63) is 69.6 Å². The summed E-state index contributed by atoms with van der Waals surface area (Å²) in [6.45, 7) is 1.90. The number of anilines is 1. The van der Waals surface area contributed by atoms with Crippen molar-refractivity contribution in [3.8, 4) is 5.95 Å². The lowest BCUT2D eigenvalue weighted by molar-refractivity contribution is -0.116. The summed E-state index contributed by atoms with van der Waals surface area (Å²) in [4.78, 5) is 20.3. The maximum atomic E-state index is 13.7. The van der Waals surface area contributed by atoms with Gasteiger partial charge in [0.2, 0.25) is 11.9 Å². The molecule has 1 aliphatic heterocycles. The molecule has 5 rings (SSSR count). The zero-order valence-corrected chi connectivity index (χ0v) is 16.4. The Labute approximate surface area is 167 Å². The van der Waals surface area contributed by atoms with Crippen LogP contribution in [0.1, 0.15) is 29.2 Å². The predicted molar refractivity (Wildman–Crippen MR) is 107 cm³/mol. The normalized spacial score (nSPS) is 16.2. The topological polar surface area (TPSA) is 75.6 Å². The van der Waals surface area contributed by atoms with Gasteiger partial charge in [-0.3, -0.25) is 4.79 Å². The zero-order chi connectivity index (χ0) is 19.4. The molecule has 0 saturated carbocycles. The second kappa shape index (κ2) is 6.27. The highest BCUT2D eigenvalue weighted by atomic mass is 79.9. The second-order valence-corrected chi connectivity index (χ2v) is 7.67. The molecule has 2 aromatic carbocycles. The van der Waals surface area contributed by atoms with Gasteiger partial charge >= 0.3 is 0 Å². The number of carbonyl (C=O) groups is 1. The molecule has 2 N–H and O–H groups in total. The summed E-state index contributed by atoms with van der Waals surface area (Å²) < 4.78 is 15.7. The first-order chi connectivity index (χ1) is 13.5. The van der Waals surface area contributed by atoms with Gasteiger partial charge in [-0.15, -0.1) is 0 Å². The number of amides is 1. The van der Waals surface area contributed by atoms with Crippen molar-refractivity contribution in [2.45, 2.75) is 19.3 Å². The fraction of sp³-hybridized carbons (Fsp3) is 0.150. The zero-order valence-electron chi connectivity index (χ0n) is 14.8. The van der Waals surface area contributed by atoms with Gasteiger partial charge < -0.3 is 10.3 Å². The number of aryl methyl sites for hydroxylation is 1. The third kappa shape index (κ3) is 2.63. The lowest BCUT2D eigenvalue weighted by Gasteiger charge is -2.24. The van der Waals surface area contributed by atoms with Crippen molar-refractivity contribution in [1.29, 1.82) is 0 Å². The average molecular weight is 440 g/mol. The molecule has 0 fully saturated rings. The summed E-state index contributed by atoms with van der Waals surface area (Å²) in [6, 6.07) is 12.5. The minimum absolute atomic E-state index is 0.116. The van der Waals surface area contributed by atoms with E-state index in [4.69, 9.17) is 0 Å². The molecule has 0 radical (unpaired) electrons. The molecule has 1 amide bonds.